The number of hydrogen-bond donors (Lipinski definition) is 2. The molecule has 1 aliphatic heterocycles. The lowest BCUT2D eigenvalue weighted by Crippen LogP contribution is -2.33. The Morgan fingerprint density at radius 1 is 1.26 bits per heavy atom. The minimum absolute atomic E-state index is 0.341. The van der Waals surface area contributed by atoms with Crippen molar-refractivity contribution in [3.8, 4) is 0 Å². The van der Waals surface area contributed by atoms with Gasteiger partial charge in [-0.3, -0.25) is 0 Å². The summed E-state index contributed by atoms with van der Waals surface area (Å²) in [5, 5.41) is 6.07. The molecule has 1 amide bonds. The normalized spacial score (nSPS) is 17.2. The first-order valence-electron chi connectivity index (χ1n) is 7.26. The van der Waals surface area contributed by atoms with Crippen molar-refractivity contribution in [1.82, 2.24) is 10.6 Å². The molecule has 5 nitrogen and oxygen atoms in total. The van der Waals surface area contributed by atoms with E-state index in [4.69, 9.17) is 9.47 Å². The zero-order valence-corrected chi connectivity index (χ0v) is 12.5. The number of alkyl carbamates (subject to hydrolysis) is 1. The van der Waals surface area contributed by atoms with E-state index in [1.54, 1.807) is 0 Å². The van der Waals surface area contributed by atoms with Gasteiger partial charge in [0.25, 0.3) is 0 Å². The Labute approximate surface area is 116 Å². The van der Waals surface area contributed by atoms with E-state index in [1.807, 2.05) is 20.8 Å². The maximum atomic E-state index is 11.4. The van der Waals surface area contributed by atoms with Crippen molar-refractivity contribution in [1.29, 1.82) is 0 Å². The highest BCUT2D eigenvalue weighted by Gasteiger charge is 2.15. The van der Waals surface area contributed by atoms with Crippen molar-refractivity contribution in [2.45, 2.75) is 58.2 Å². The minimum atomic E-state index is -0.428. The van der Waals surface area contributed by atoms with Crippen LogP contribution in [0.3, 0.4) is 0 Å². The third-order valence-electron chi connectivity index (χ3n) is 2.88. The monoisotopic (exact) mass is 272 g/mol. The van der Waals surface area contributed by atoms with Crippen LogP contribution in [0.4, 0.5) is 4.79 Å². The van der Waals surface area contributed by atoms with E-state index in [0.29, 0.717) is 12.6 Å². The summed E-state index contributed by atoms with van der Waals surface area (Å²) in [6.07, 6.45) is 4.18. The van der Waals surface area contributed by atoms with Gasteiger partial charge in [0.05, 0.1) is 6.10 Å². The van der Waals surface area contributed by atoms with Crippen LogP contribution in [-0.4, -0.2) is 44.0 Å². The van der Waals surface area contributed by atoms with Crippen LogP contribution >= 0.6 is 0 Å². The smallest absolute Gasteiger partial charge is 0.407 e. The summed E-state index contributed by atoms with van der Waals surface area (Å²) in [5.41, 5.74) is -0.428. The summed E-state index contributed by atoms with van der Waals surface area (Å²) in [6, 6.07) is 0. The number of rotatable bonds is 6. The number of carbonyl (C=O) groups is 1. The molecule has 0 aromatic rings. The van der Waals surface area contributed by atoms with E-state index in [1.165, 1.54) is 0 Å². The summed E-state index contributed by atoms with van der Waals surface area (Å²) in [7, 11) is 0. The van der Waals surface area contributed by atoms with Gasteiger partial charge in [-0.25, -0.2) is 4.79 Å². The molecule has 1 saturated heterocycles. The van der Waals surface area contributed by atoms with Gasteiger partial charge in [-0.05, 0) is 59.5 Å². The Kier molecular flexibility index (Phi) is 7.16. The molecule has 5 heteroatoms. The van der Waals surface area contributed by atoms with Crippen molar-refractivity contribution in [2.24, 2.45) is 0 Å². The predicted molar refractivity (Wildman–Crippen MR) is 75.3 cm³/mol. The average molecular weight is 272 g/mol. The van der Waals surface area contributed by atoms with Gasteiger partial charge in [-0.2, -0.15) is 0 Å². The highest BCUT2D eigenvalue weighted by atomic mass is 16.6. The van der Waals surface area contributed by atoms with E-state index >= 15 is 0 Å². The van der Waals surface area contributed by atoms with E-state index < -0.39 is 5.60 Å². The number of ether oxygens (including phenoxy) is 2. The first-order valence-corrected chi connectivity index (χ1v) is 7.26. The largest absolute Gasteiger partial charge is 0.444 e. The Morgan fingerprint density at radius 3 is 2.58 bits per heavy atom. The molecule has 0 aromatic carbocycles. The second-order valence-electron chi connectivity index (χ2n) is 5.96. The molecule has 0 bridgehead atoms. The molecule has 0 unspecified atom stereocenters. The molecule has 0 aromatic heterocycles. The minimum Gasteiger partial charge on any atom is -0.444 e. The molecule has 0 aliphatic carbocycles. The molecular formula is C14H28N2O3. The molecule has 0 atom stereocenters. The second kappa shape index (κ2) is 8.38. The zero-order valence-electron chi connectivity index (χ0n) is 12.5. The van der Waals surface area contributed by atoms with Gasteiger partial charge in [0, 0.05) is 13.2 Å². The van der Waals surface area contributed by atoms with Crippen molar-refractivity contribution < 1.29 is 14.3 Å². The Balaban J connectivity index is 1.92. The maximum Gasteiger partial charge on any atom is 0.407 e. The average Bonchev–Trinajstić information content (AvgIpc) is 2.32. The number of nitrogens with one attached hydrogen (secondary N) is 2. The van der Waals surface area contributed by atoms with E-state index in [-0.39, 0.29) is 6.09 Å². The van der Waals surface area contributed by atoms with E-state index in [2.05, 4.69) is 10.6 Å². The number of unbranched alkanes of at least 4 members (excludes halogenated alkanes) is 1. The van der Waals surface area contributed by atoms with Crippen LogP contribution < -0.4 is 10.6 Å². The number of amides is 1. The molecule has 0 saturated carbocycles. The SMILES string of the molecule is CC(C)(C)OC(=O)NCCCCOC1CCNCC1. The summed E-state index contributed by atoms with van der Waals surface area (Å²) in [4.78, 5) is 11.4. The maximum absolute atomic E-state index is 11.4. The fourth-order valence-electron chi connectivity index (χ4n) is 1.94. The number of carbonyl (C=O) groups excluding carboxylic acids is 1. The van der Waals surface area contributed by atoms with Crippen molar-refractivity contribution in [2.75, 3.05) is 26.2 Å². The highest BCUT2D eigenvalue weighted by molar-refractivity contribution is 5.67. The van der Waals surface area contributed by atoms with Gasteiger partial charge in [0.2, 0.25) is 0 Å². The molecule has 1 aliphatic rings. The summed E-state index contributed by atoms with van der Waals surface area (Å²) < 4.78 is 10.9. The summed E-state index contributed by atoms with van der Waals surface area (Å²) in [6.45, 7) is 9.12. The third kappa shape index (κ3) is 8.83. The van der Waals surface area contributed by atoms with Crippen LogP contribution in [-0.2, 0) is 9.47 Å². The quantitative estimate of drug-likeness (QED) is 0.727. The summed E-state index contributed by atoms with van der Waals surface area (Å²) >= 11 is 0. The van der Waals surface area contributed by atoms with Crippen LogP contribution in [0.5, 0.6) is 0 Å². The molecule has 2 N–H and O–H groups in total. The fourth-order valence-corrected chi connectivity index (χ4v) is 1.94. The Morgan fingerprint density at radius 2 is 1.95 bits per heavy atom. The second-order valence-corrected chi connectivity index (χ2v) is 5.96. The van der Waals surface area contributed by atoms with Gasteiger partial charge >= 0.3 is 6.09 Å². The third-order valence-corrected chi connectivity index (χ3v) is 2.88. The van der Waals surface area contributed by atoms with Crippen molar-refractivity contribution in [3.63, 3.8) is 0 Å². The lowest BCUT2D eigenvalue weighted by atomic mass is 10.1. The first-order chi connectivity index (χ1) is 8.97. The molecule has 112 valence electrons. The van der Waals surface area contributed by atoms with Crippen molar-refractivity contribution in [3.05, 3.63) is 0 Å². The summed E-state index contributed by atoms with van der Waals surface area (Å²) in [5.74, 6) is 0. The molecule has 0 spiro atoms. The van der Waals surface area contributed by atoms with Crippen LogP contribution in [0.15, 0.2) is 0 Å². The topological polar surface area (TPSA) is 59.6 Å². The molecule has 0 radical (unpaired) electrons. The van der Waals surface area contributed by atoms with Crippen LogP contribution in [0.1, 0.15) is 46.5 Å². The van der Waals surface area contributed by atoms with Gasteiger partial charge in [-0.1, -0.05) is 0 Å². The fraction of sp³-hybridized carbons (Fsp3) is 0.929. The van der Waals surface area contributed by atoms with Gasteiger partial charge < -0.3 is 20.1 Å². The van der Waals surface area contributed by atoms with Gasteiger partial charge in [-0.15, -0.1) is 0 Å². The van der Waals surface area contributed by atoms with E-state index in [0.717, 1.165) is 45.4 Å². The van der Waals surface area contributed by atoms with Crippen LogP contribution in [0.2, 0.25) is 0 Å². The number of hydrogen-bond acceptors (Lipinski definition) is 4. The molecule has 1 rings (SSSR count). The Hall–Kier alpha value is -0.810. The first kappa shape index (κ1) is 16.2. The standard InChI is InChI=1S/C14H28N2O3/c1-14(2,3)19-13(17)16-8-4-5-11-18-12-6-9-15-10-7-12/h12,15H,4-11H2,1-3H3,(H,16,17). The molecule has 19 heavy (non-hydrogen) atoms. The highest BCUT2D eigenvalue weighted by Crippen LogP contribution is 2.08. The Bertz CT molecular complexity index is 258. The van der Waals surface area contributed by atoms with Crippen LogP contribution in [0, 0.1) is 0 Å². The molecular weight excluding hydrogens is 244 g/mol. The number of piperidine rings is 1. The van der Waals surface area contributed by atoms with Gasteiger partial charge in [0.15, 0.2) is 0 Å². The zero-order chi connectivity index (χ0) is 14.1. The molecule has 1 fully saturated rings. The lowest BCUT2D eigenvalue weighted by molar-refractivity contribution is 0.0303. The van der Waals surface area contributed by atoms with E-state index in [9.17, 15) is 4.79 Å². The van der Waals surface area contributed by atoms with Crippen molar-refractivity contribution >= 4 is 6.09 Å². The van der Waals surface area contributed by atoms with Crippen LogP contribution in [0.25, 0.3) is 0 Å². The lowest BCUT2D eigenvalue weighted by Gasteiger charge is -2.23. The molecule has 1 heterocycles. The van der Waals surface area contributed by atoms with Gasteiger partial charge in [0.1, 0.15) is 5.60 Å². The predicted octanol–water partition coefficient (Wildman–Crippen LogP) is 2.06.